The van der Waals surface area contributed by atoms with Crippen molar-refractivity contribution in [2.75, 3.05) is 13.2 Å². The number of amides is 1. The fraction of sp³-hybridized carbons (Fsp3) is 0.407. The van der Waals surface area contributed by atoms with Crippen molar-refractivity contribution in [3.63, 3.8) is 0 Å². The van der Waals surface area contributed by atoms with E-state index >= 15 is 0 Å². The Balaban J connectivity index is 1.79. The van der Waals surface area contributed by atoms with E-state index in [0.717, 1.165) is 42.6 Å². The Morgan fingerprint density at radius 2 is 1.72 bits per heavy atom. The number of nitrogens with zero attached hydrogens (tertiary/aromatic N) is 1. The lowest BCUT2D eigenvalue weighted by Crippen LogP contribution is -2.31. The largest absolute Gasteiger partial charge is 0.503 e. The van der Waals surface area contributed by atoms with Gasteiger partial charge in [0.25, 0.3) is 5.91 Å². The van der Waals surface area contributed by atoms with E-state index in [-0.39, 0.29) is 17.8 Å². The van der Waals surface area contributed by atoms with Crippen molar-refractivity contribution >= 4 is 11.7 Å². The second-order valence-electron chi connectivity index (χ2n) is 8.20. The van der Waals surface area contributed by atoms with Crippen molar-refractivity contribution in [3.05, 3.63) is 77.1 Å². The van der Waals surface area contributed by atoms with Gasteiger partial charge in [-0.05, 0) is 42.5 Å². The van der Waals surface area contributed by atoms with Crippen LogP contribution in [-0.4, -0.2) is 34.8 Å². The lowest BCUT2D eigenvalue weighted by Gasteiger charge is -2.26. The Kier molecular flexibility index (Phi) is 8.48. The second-order valence-corrected chi connectivity index (χ2v) is 8.20. The monoisotopic (exact) mass is 435 g/mol. The zero-order valence-electron chi connectivity index (χ0n) is 19.0. The summed E-state index contributed by atoms with van der Waals surface area (Å²) in [5, 5.41) is 10.6. The Labute approximate surface area is 190 Å². The Morgan fingerprint density at radius 1 is 1.00 bits per heavy atom. The Hall–Kier alpha value is -3.08. The van der Waals surface area contributed by atoms with Gasteiger partial charge in [-0.25, -0.2) is 0 Å². The van der Waals surface area contributed by atoms with E-state index in [2.05, 4.69) is 6.92 Å². The average molecular weight is 436 g/mol. The number of hydrogen-bond donors (Lipinski definition) is 1. The predicted octanol–water partition coefficient (Wildman–Crippen LogP) is 5.56. The van der Waals surface area contributed by atoms with Crippen molar-refractivity contribution in [1.82, 2.24) is 4.90 Å². The van der Waals surface area contributed by atoms with E-state index in [0.29, 0.717) is 19.6 Å². The molecular weight excluding hydrogens is 402 g/mol. The lowest BCUT2D eigenvalue weighted by molar-refractivity contribution is -0.129. The molecule has 0 aromatic heterocycles. The van der Waals surface area contributed by atoms with Crippen LogP contribution >= 0.6 is 0 Å². The molecule has 1 aliphatic heterocycles. The second kappa shape index (κ2) is 11.5. The molecule has 1 heterocycles. The molecule has 1 atom stereocenters. The first-order valence-electron chi connectivity index (χ1n) is 11.6. The normalized spacial score (nSPS) is 16.0. The summed E-state index contributed by atoms with van der Waals surface area (Å²) in [6.07, 6.45) is 4.83. The number of aliphatic hydroxyl groups excluding tert-OH is 1. The topological polar surface area (TPSA) is 66.8 Å². The summed E-state index contributed by atoms with van der Waals surface area (Å²) in [6.45, 7) is 5.27. The number of unbranched alkanes of at least 4 members (excludes halogenated alkanes) is 2. The van der Waals surface area contributed by atoms with E-state index < -0.39 is 17.7 Å². The van der Waals surface area contributed by atoms with E-state index in [4.69, 9.17) is 4.74 Å². The molecule has 5 nitrogen and oxygen atoms in total. The first-order chi connectivity index (χ1) is 15.6. The molecule has 32 heavy (non-hydrogen) atoms. The van der Waals surface area contributed by atoms with Crippen LogP contribution < -0.4 is 4.74 Å². The van der Waals surface area contributed by atoms with Crippen LogP contribution in [0.15, 0.2) is 65.9 Å². The van der Waals surface area contributed by atoms with Crippen LogP contribution in [-0.2, 0) is 16.0 Å². The summed E-state index contributed by atoms with van der Waals surface area (Å²) in [7, 11) is 0. The third kappa shape index (κ3) is 5.58. The number of ether oxygens (including phenoxy) is 1. The van der Waals surface area contributed by atoms with Crippen molar-refractivity contribution in [2.24, 2.45) is 0 Å². The molecule has 2 aromatic rings. The average Bonchev–Trinajstić information content (AvgIpc) is 3.07. The quantitative estimate of drug-likeness (QED) is 0.443. The fourth-order valence-electron chi connectivity index (χ4n) is 4.08. The van der Waals surface area contributed by atoms with Gasteiger partial charge in [-0.1, -0.05) is 69.2 Å². The van der Waals surface area contributed by atoms with Gasteiger partial charge in [0.2, 0.25) is 0 Å². The molecule has 0 radical (unpaired) electrons. The molecule has 1 unspecified atom stereocenters. The SMILES string of the molecule is CCCCCOc1ccc(C2C(C(=O)CCc3ccccc3)=C(O)C(=O)N2CCC)cc1. The predicted molar refractivity (Wildman–Crippen MR) is 126 cm³/mol. The number of rotatable bonds is 12. The third-order valence-electron chi connectivity index (χ3n) is 5.76. The molecule has 0 spiro atoms. The molecule has 0 bridgehead atoms. The van der Waals surface area contributed by atoms with Gasteiger partial charge in [0.1, 0.15) is 5.75 Å². The maximum atomic E-state index is 13.2. The van der Waals surface area contributed by atoms with Crippen LogP contribution in [0, 0.1) is 0 Å². The molecule has 3 rings (SSSR count). The number of carbonyl (C=O) groups is 2. The van der Waals surface area contributed by atoms with E-state index in [1.54, 1.807) is 4.90 Å². The summed E-state index contributed by atoms with van der Waals surface area (Å²) in [4.78, 5) is 27.5. The first-order valence-corrected chi connectivity index (χ1v) is 11.6. The summed E-state index contributed by atoms with van der Waals surface area (Å²) < 4.78 is 5.80. The van der Waals surface area contributed by atoms with Crippen LogP contribution in [0.2, 0.25) is 0 Å². The first kappa shape index (κ1) is 23.6. The van der Waals surface area contributed by atoms with Gasteiger partial charge in [0.15, 0.2) is 11.5 Å². The molecule has 1 aliphatic rings. The van der Waals surface area contributed by atoms with Crippen molar-refractivity contribution in [1.29, 1.82) is 0 Å². The number of aryl methyl sites for hydroxylation is 1. The fourth-order valence-corrected chi connectivity index (χ4v) is 4.08. The Morgan fingerprint density at radius 3 is 2.38 bits per heavy atom. The number of Topliss-reactive ketones (excluding diaryl/α,β-unsaturated/α-hetero) is 1. The van der Waals surface area contributed by atoms with Crippen LogP contribution in [0.25, 0.3) is 0 Å². The standard InChI is InChI=1S/C27H33NO4/c1-3-5-9-19-32-22-15-13-21(14-16-22)25-24(26(30)27(31)28(25)18-4-2)23(29)17-12-20-10-7-6-8-11-20/h6-8,10-11,13-16,25,30H,3-5,9,12,17-19H2,1-2H3. The molecule has 0 fully saturated rings. The molecule has 1 amide bonds. The van der Waals surface area contributed by atoms with Gasteiger partial charge in [-0.2, -0.15) is 0 Å². The lowest BCUT2D eigenvalue weighted by atomic mass is 9.93. The van der Waals surface area contributed by atoms with Crippen LogP contribution in [0.1, 0.15) is 63.1 Å². The molecule has 1 N–H and O–H groups in total. The zero-order valence-corrected chi connectivity index (χ0v) is 19.0. The van der Waals surface area contributed by atoms with Gasteiger partial charge < -0.3 is 14.7 Å². The third-order valence-corrected chi connectivity index (χ3v) is 5.76. The van der Waals surface area contributed by atoms with Gasteiger partial charge >= 0.3 is 0 Å². The molecule has 5 heteroatoms. The molecule has 0 saturated heterocycles. The van der Waals surface area contributed by atoms with Crippen molar-refractivity contribution in [3.8, 4) is 5.75 Å². The number of ketones is 1. The maximum Gasteiger partial charge on any atom is 0.290 e. The highest BCUT2D eigenvalue weighted by Gasteiger charge is 2.42. The number of benzene rings is 2. The minimum absolute atomic E-state index is 0.191. The van der Waals surface area contributed by atoms with Crippen molar-refractivity contribution in [2.45, 2.75) is 58.4 Å². The Bertz CT molecular complexity index is 934. The van der Waals surface area contributed by atoms with Crippen LogP contribution in [0.5, 0.6) is 5.75 Å². The van der Waals surface area contributed by atoms with Crippen molar-refractivity contribution < 1.29 is 19.4 Å². The van der Waals surface area contributed by atoms with E-state index in [9.17, 15) is 14.7 Å². The maximum absolute atomic E-state index is 13.2. The number of aliphatic hydroxyl groups is 1. The van der Waals surface area contributed by atoms with Crippen LogP contribution in [0.4, 0.5) is 0 Å². The highest BCUT2D eigenvalue weighted by molar-refractivity contribution is 6.09. The molecule has 0 aliphatic carbocycles. The van der Waals surface area contributed by atoms with E-state index in [1.165, 1.54) is 0 Å². The number of hydrogen-bond acceptors (Lipinski definition) is 4. The molecule has 0 saturated carbocycles. The number of carbonyl (C=O) groups excluding carboxylic acids is 2. The molecular formula is C27H33NO4. The van der Waals surface area contributed by atoms with Gasteiger partial charge in [0.05, 0.1) is 18.2 Å². The minimum Gasteiger partial charge on any atom is -0.503 e. The van der Waals surface area contributed by atoms with Crippen LogP contribution in [0.3, 0.4) is 0 Å². The van der Waals surface area contributed by atoms with Gasteiger partial charge in [-0.15, -0.1) is 0 Å². The smallest absolute Gasteiger partial charge is 0.290 e. The summed E-state index contributed by atoms with van der Waals surface area (Å²) in [6, 6.07) is 16.7. The highest BCUT2D eigenvalue weighted by atomic mass is 16.5. The molecule has 170 valence electrons. The van der Waals surface area contributed by atoms with E-state index in [1.807, 2.05) is 61.5 Å². The van der Waals surface area contributed by atoms with Gasteiger partial charge in [0, 0.05) is 13.0 Å². The summed E-state index contributed by atoms with van der Waals surface area (Å²) >= 11 is 0. The summed E-state index contributed by atoms with van der Waals surface area (Å²) in [5.74, 6) is -0.314. The molecule has 2 aromatic carbocycles. The highest BCUT2D eigenvalue weighted by Crippen LogP contribution is 2.39. The summed E-state index contributed by atoms with van der Waals surface area (Å²) in [5.41, 5.74) is 2.06. The minimum atomic E-state index is -0.570. The zero-order chi connectivity index (χ0) is 22.9. The van der Waals surface area contributed by atoms with Gasteiger partial charge in [-0.3, -0.25) is 9.59 Å².